The van der Waals surface area contributed by atoms with Gasteiger partial charge in [-0.1, -0.05) is 13.8 Å². The van der Waals surface area contributed by atoms with Gasteiger partial charge in [0.05, 0.1) is 5.41 Å². The third-order valence-corrected chi connectivity index (χ3v) is 1.33. The quantitative estimate of drug-likeness (QED) is 0.503. The fraction of sp³-hybridized carbons (Fsp3) is 0.833. The highest BCUT2D eigenvalue weighted by Crippen LogP contribution is 2.18. The van der Waals surface area contributed by atoms with E-state index in [1.165, 1.54) is 6.92 Å². The molecule has 48 valence electrons. The molecule has 0 saturated heterocycles. The second kappa shape index (κ2) is 2.25. The Morgan fingerprint density at radius 2 is 2.00 bits per heavy atom. The predicted octanol–water partition coefficient (Wildman–Crippen LogP) is 1.57. The highest BCUT2D eigenvalue weighted by molar-refractivity contribution is 5.58. The number of halogens is 1. The molecule has 0 radical (unpaired) electrons. The van der Waals surface area contributed by atoms with E-state index in [-0.39, 0.29) is 0 Å². The predicted molar refractivity (Wildman–Crippen MR) is 30.4 cm³/mol. The number of hydrogen-bond donors (Lipinski definition) is 0. The maximum atomic E-state index is 12.2. The highest BCUT2D eigenvalue weighted by Gasteiger charge is 2.24. The van der Waals surface area contributed by atoms with Crippen LogP contribution in [-0.4, -0.2) is 12.5 Å². The first kappa shape index (κ1) is 7.60. The third kappa shape index (κ3) is 1.60. The average molecular weight is 118 g/mol. The minimum atomic E-state index is -1.06. The summed E-state index contributed by atoms with van der Waals surface area (Å²) in [6.45, 7) is 4.53. The number of alkyl halides is 1. The molecule has 0 amide bonds. The van der Waals surface area contributed by atoms with Crippen LogP contribution >= 0.6 is 0 Å². The molecule has 0 N–H and O–H groups in total. The molecule has 2 heteroatoms. The van der Waals surface area contributed by atoms with Gasteiger partial charge in [-0.05, 0) is 6.92 Å². The van der Waals surface area contributed by atoms with Gasteiger partial charge in [-0.3, -0.25) is 0 Å². The molecule has 0 aromatic carbocycles. The Balaban J connectivity index is 3.90. The Bertz CT molecular complexity index is 86.5. The van der Waals surface area contributed by atoms with E-state index in [0.29, 0.717) is 6.29 Å². The highest BCUT2D eigenvalue weighted by atomic mass is 19.1. The lowest BCUT2D eigenvalue weighted by atomic mass is 9.91. The summed E-state index contributed by atoms with van der Waals surface area (Å²) in [4.78, 5) is 10.0. The Labute approximate surface area is 48.9 Å². The van der Waals surface area contributed by atoms with Gasteiger partial charge in [-0.15, -0.1) is 0 Å². The van der Waals surface area contributed by atoms with Gasteiger partial charge < -0.3 is 4.79 Å². The first-order valence-electron chi connectivity index (χ1n) is 2.61. The summed E-state index contributed by atoms with van der Waals surface area (Å²) < 4.78 is 12.2. The van der Waals surface area contributed by atoms with Crippen molar-refractivity contribution in [3.8, 4) is 0 Å². The van der Waals surface area contributed by atoms with Crippen molar-refractivity contribution >= 4 is 6.29 Å². The normalized spacial score (nSPS) is 15.5. The van der Waals surface area contributed by atoms with Gasteiger partial charge in [0.1, 0.15) is 12.5 Å². The molecule has 0 aliphatic carbocycles. The summed E-state index contributed by atoms with van der Waals surface area (Å²) in [6.07, 6.45) is -0.419. The molecule has 0 aliphatic heterocycles. The van der Waals surface area contributed by atoms with Crippen molar-refractivity contribution in [2.45, 2.75) is 26.9 Å². The van der Waals surface area contributed by atoms with Gasteiger partial charge in [0.25, 0.3) is 0 Å². The second-order valence-corrected chi connectivity index (χ2v) is 2.56. The zero-order valence-corrected chi connectivity index (χ0v) is 5.44. The number of carbonyl (C=O) groups is 1. The van der Waals surface area contributed by atoms with Crippen molar-refractivity contribution in [3.05, 3.63) is 0 Å². The lowest BCUT2D eigenvalue weighted by molar-refractivity contribution is -0.117. The van der Waals surface area contributed by atoms with E-state index >= 15 is 0 Å². The number of aldehydes is 1. The van der Waals surface area contributed by atoms with Crippen LogP contribution in [0.2, 0.25) is 0 Å². The van der Waals surface area contributed by atoms with Crippen LogP contribution in [0.1, 0.15) is 20.8 Å². The van der Waals surface area contributed by atoms with Crippen molar-refractivity contribution in [1.29, 1.82) is 0 Å². The van der Waals surface area contributed by atoms with Crippen LogP contribution in [-0.2, 0) is 4.79 Å². The van der Waals surface area contributed by atoms with Crippen LogP contribution in [0.25, 0.3) is 0 Å². The molecule has 0 saturated carbocycles. The van der Waals surface area contributed by atoms with E-state index < -0.39 is 11.6 Å². The largest absolute Gasteiger partial charge is 0.303 e. The van der Waals surface area contributed by atoms with Crippen LogP contribution < -0.4 is 0 Å². The fourth-order valence-corrected chi connectivity index (χ4v) is 0.0938. The van der Waals surface area contributed by atoms with Crippen molar-refractivity contribution in [3.63, 3.8) is 0 Å². The number of hydrogen-bond acceptors (Lipinski definition) is 1. The van der Waals surface area contributed by atoms with E-state index in [1.807, 2.05) is 0 Å². The summed E-state index contributed by atoms with van der Waals surface area (Å²) in [6, 6.07) is 0. The van der Waals surface area contributed by atoms with Crippen molar-refractivity contribution in [1.82, 2.24) is 0 Å². The molecule has 0 spiro atoms. The molecule has 1 unspecified atom stereocenters. The minimum Gasteiger partial charge on any atom is -0.303 e. The Kier molecular flexibility index (Phi) is 2.13. The Morgan fingerprint density at radius 1 is 1.62 bits per heavy atom. The van der Waals surface area contributed by atoms with Crippen molar-refractivity contribution < 1.29 is 9.18 Å². The zero-order chi connectivity index (χ0) is 6.78. The van der Waals surface area contributed by atoms with E-state index in [4.69, 9.17) is 0 Å². The SMILES string of the molecule is CC(F)C(C)(C)C=O. The molecule has 0 aromatic heterocycles. The lowest BCUT2D eigenvalue weighted by Gasteiger charge is -2.16. The molecular formula is C6H11FO. The van der Waals surface area contributed by atoms with Crippen LogP contribution in [0.4, 0.5) is 4.39 Å². The molecule has 0 heterocycles. The van der Waals surface area contributed by atoms with Crippen molar-refractivity contribution in [2.24, 2.45) is 5.41 Å². The standard InChI is InChI=1S/C6H11FO/c1-5(7)6(2,3)4-8/h4-5H,1-3H3. The number of carbonyl (C=O) groups excluding carboxylic acids is 1. The lowest BCUT2D eigenvalue weighted by Crippen LogP contribution is -2.23. The Hall–Kier alpha value is -0.400. The van der Waals surface area contributed by atoms with E-state index in [1.54, 1.807) is 13.8 Å². The van der Waals surface area contributed by atoms with E-state index in [9.17, 15) is 9.18 Å². The smallest absolute Gasteiger partial charge is 0.128 e. The molecule has 0 fully saturated rings. The zero-order valence-electron chi connectivity index (χ0n) is 5.44. The van der Waals surface area contributed by atoms with Crippen molar-refractivity contribution in [2.75, 3.05) is 0 Å². The third-order valence-electron chi connectivity index (χ3n) is 1.33. The first-order chi connectivity index (χ1) is 3.50. The minimum absolute atomic E-state index is 0.637. The van der Waals surface area contributed by atoms with Gasteiger partial charge >= 0.3 is 0 Å². The molecular weight excluding hydrogens is 107 g/mol. The summed E-state index contributed by atoms with van der Waals surface area (Å²) in [5.74, 6) is 0. The van der Waals surface area contributed by atoms with Crippen LogP contribution in [0, 0.1) is 5.41 Å². The maximum absolute atomic E-state index is 12.2. The summed E-state index contributed by atoms with van der Waals surface area (Å²) in [5.41, 5.74) is -0.806. The van der Waals surface area contributed by atoms with Crippen LogP contribution in [0.3, 0.4) is 0 Å². The summed E-state index contributed by atoms with van der Waals surface area (Å²) in [7, 11) is 0. The van der Waals surface area contributed by atoms with E-state index in [0.717, 1.165) is 0 Å². The van der Waals surface area contributed by atoms with Gasteiger partial charge in [-0.25, -0.2) is 4.39 Å². The summed E-state index contributed by atoms with van der Waals surface area (Å²) >= 11 is 0. The van der Waals surface area contributed by atoms with Crippen LogP contribution in [0.15, 0.2) is 0 Å². The molecule has 0 rings (SSSR count). The molecule has 0 bridgehead atoms. The van der Waals surface area contributed by atoms with Gasteiger partial charge in [0, 0.05) is 0 Å². The molecule has 0 aliphatic rings. The topological polar surface area (TPSA) is 17.1 Å². The maximum Gasteiger partial charge on any atom is 0.128 e. The molecule has 1 atom stereocenters. The molecule has 1 nitrogen and oxygen atoms in total. The second-order valence-electron chi connectivity index (χ2n) is 2.56. The fourth-order valence-electron chi connectivity index (χ4n) is 0.0938. The average Bonchev–Trinajstić information content (AvgIpc) is 1.67. The Morgan fingerprint density at radius 3 is 2.00 bits per heavy atom. The van der Waals surface area contributed by atoms with Gasteiger partial charge in [-0.2, -0.15) is 0 Å². The van der Waals surface area contributed by atoms with E-state index in [2.05, 4.69) is 0 Å². The number of rotatable bonds is 2. The first-order valence-corrected chi connectivity index (χ1v) is 2.61. The summed E-state index contributed by atoms with van der Waals surface area (Å²) in [5, 5.41) is 0. The molecule has 8 heavy (non-hydrogen) atoms. The van der Waals surface area contributed by atoms with Gasteiger partial charge in [0.2, 0.25) is 0 Å². The monoisotopic (exact) mass is 118 g/mol. The van der Waals surface area contributed by atoms with Gasteiger partial charge in [0.15, 0.2) is 0 Å². The molecule has 0 aromatic rings. The van der Waals surface area contributed by atoms with Crippen LogP contribution in [0.5, 0.6) is 0 Å².